The van der Waals surface area contributed by atoms with Crippen LogP contribution < -0.4 is 0 Å². The Morgan fingerprint density at radius 3 is 2.53 bits per heavy atom. The van der Waals surface area contributed by atoms with Gasteiger partial charge in [0.25, 0.3) is 0 Å². The molecule has 0 aromatic heterocycles. The Labute approximate surface area is 106 Å². The van der Waals surface area contributed by atoms with Crippen molar-refractivity contribution in [2.45, 2.75) is 45.4 Å². The molecular formula is C14H29NO2. The second kappa shape index (κ2) is 9.86. The molecule has 1 aliphatic carbocycles. The van der Waals surface area contributed by atoms with Gasteiger partial charge in [-0.25, -0.2) is 0 Å². The minimum atomic E-state index is 0.133. The molecule has 0 aliphatic heterocycles. The zero-order chi connectivity index (χ0) is 12.3. The van der Waals surface area contributed by atoms with Crippen molar-refractivity contribution >= 4 is 0 Å². The fourth-order valence-corrected chi connectivity index (χ4v) is 2.63. The van der Waals surface area contributed by atoms with Gasteiger partial charge >= 0.3 is 0 Å². The number of hydrogen-bond donors (Lipinski definition) is 1. The molecule has 0 spiro atoms. The second-order valence-corrected chi connectivity index (χ2v) is 5.06. The maximum absolute atomic E-state index is 8.62. The van der Waals surface area contributed by atoms with Gasteiger partial charge in [0.1, 0.15) is 0 Å². The van der Waals surface area contributed by atoms with Crippen LogP contribution in [0.15, 0.2) is 0 Å². The Morgan fingerprint density at radius 2 is 1.88 bits per heavy atom. The lowest BCUT2D eigenvalue weighted by atomic mass is 9.87. The van der Waals surface area contributed by atoms with E-state index in [1.165, 1.54) is 45.1 Å². The van der Waals surface area contributed by atoms with Crippen molar-refractivity contribution in [1.82, 2.24) is 4.90 Å². The number of aliphatic hydroxyl groups excluding tert-OH is 1. The van der Waals surface area contributed by atoms with Crippen molar-refractivity contribution in [2.75, 3.05) is 39.5 Å². The Morgan fingerprint density at radius 1 is 1.12 bits per heavy atom. The molecule has 1 aliphatic rings. The largest absolute Gasteiger partial charge is 0.394 e. The highest BCUT2D eigenvalue weighted by molar-refractivity contribution is 4.68. The van der Waals surface area contributed by atoms with E-state index >= 15 is 0 Å². The molecule has 0 unspecified atom stereocenters. The molecule has 1 rings (SSSR count). The predicted octanol–water partition coefficient (Wildman–Crippen LogP) is 2.29. The summed E-state index contributed by atoms with van der Waals surface area (Å²) in [7, 11) is 0. The Kier molecular flexibility index (Phi) is 8.67. The van der Waals surface area contributed by atoms with Gasteiger partial charge in [0, 0.05) is 6.54 Å². The van der Waals surface area contributed by atoms with E-state index in [0.29, 0.717) is 6.61 Å². The first-order valence-corrected chi connectivity index (χ1v) is 7.27. The number of ether oxygens (including phenoxy) is 1. The van der Waals surface area contributed by atoms with Gasteiger partial charge in [-0.3, -0.25) is 0 Å². The SMILES string of the molecule is CCN(CCOCCO)CCC1CCCCC1. The molecule has 3 nitrogen and oxygen atoms in total. The molecule has 102 valence electrons. The van der Waals surface area contributed by atoms with Gasteiger partial charge in [0.05, 0.1) is 19.8 Å². The first kappa shape index (κ1) is 14.9. The first-order valence-electron chi connectivity index (χ1n) is 7.27. The van der Waals surface area contributed by atoms with Crippen LogP contribution >= 0.6 is 0 Å². The van der Waals surface area contributed by atoms with Crippen molar-refractivity contribution in [3.63, 3.8) is 0 Å². The van der Waals surface area contributed by atoms with Crippen LogP contribution in [-0.4, -0.2) is 49.5 Å². The zero-order valence-corrected chi connectivity index (χ0v) is 11.4. The Hall–Kier alpha value is -0.120. The van der Waals surface area contributed by atoms with E-state index in [0.717, 1.165) is 25.6 Å². The highest BCUT2D eigenvalue weighted by Gasteiger charge is 2.14. The van der Waals surface area contributed by atoms with Gasteiger partial charge < -0.3 is 14.7 Å². The van der Waals surface area contributed by atoms with E-state index in [9.17, 15) is 0 Å². The molecule has 3 heteroatoms. The van der Waals surface area contributed by atoms with Crippen LogP contribution in [0.3, 0.4) is 0 Å². The number of aliphatic hydroxyl groups is 1. The Balaban J connectivity index is 2.04. The lowest BCUT2D eigenvalue weighted by Crippen LogP contribution is -2.30. The van der Waals surface area contributed by atoms with Gasteiger partial charge in [-0.15, -0.1) is 0 Å². The van der Waals surface area contributed by atoms with Gasteiger partial charge in [-0.05, 0) is 25.4 Å². The molecule has 0 heterocycles. The van der Waals surface area contributed by atoms with Gasteiger partial charge in [0.2, 0.25) is 0 Å². The van der Waals surface area contributed by atoms with Crippen molar-refractivity contribution < 1.29 is 9.84 Å². The van der Waals surface area contributed by atoms with Crippen LogP contribution in [-0.2, 0) is 4.74 Å². The minimum absolute atomic E-state index is 0.133. The lowest BCUT2D eigenvalue weighted by Gasteiger charge is -2.26. The molecule has 17 heavy (non-hydrogen) atoms. The van der Waals surface area contributed by atoms with Crippen LogP contribution in [0.4, 0.5) is 0 Å². The monoisotopic (exact) mass is 243 g/mol. The fraction of sp³-hybridized carbons (Fsp3) is 1.00. The van der Waals surface area contributed by atoms with E-state index < -0.39 is 0 Å². The maximum Gasteiger partial charge on any atom is 0.0698 e. The predicted molar refractivity (Wildman–Crippen MR) is 71.2 cm³/mol. The molecular weight excluding hydrogens is 214 g/mol. The maximum atomic E-state index is 8.62. The van der Waals surface area contributed by atoms with Crippen molar-refractivity contribution in [1.29, 1.82) is 0 Å². The third-order valence-electron chi connectivity index (χ3n) is 3.81. The lowest BCUT2D eigenvalue weighted by molar-refractivity contribution is 0.0730. The van der Waals surface area contributed by atoms with Crippen molar-refractivity contribution in [2.24, 2.45) is 5.92 Å². The topological polar surface area (TPSA) is 32.7 Å². The fourth-order valence-electron chi connectivity index (χ4n) is 2.63. The summed E-state index contributed by atoms with van der Waals surface area (Å²) in [6.45, 7) is 6.89. The normalized spacial score (nSPS) is 17.8. The van der Waals surface area contributed by atoms with E-state index in [-0.39, 0.29) is 6.61 Å². The first-order chi connectivity index (χ1) is 8.36. The standard InChI is InChI=1S/C14H29NO2/c1-2-15(10-12-17-13-11-16)9-8-14-6-4-3-5-7-14/h14,16H,2-13H2,1H3. The molecule has 1 fully saturated rings. The van der Waals surface area contributed by atoms with Gasteiger partial charge in [-0.1, -0.05) is 39.0 Å². The number of likely N-dealkylation sites (N-methyl/N-ethyl adjacent to an activating group) is 1. The summed E-state index contributed by atoms with van der Waals surface area (Å²) < 4.78 is 5.32. The Bertz CT molecular complexity index is 170. The summed E-state index contributed by atoms with van der Waals surface area (Å²) in [6.07, 6.45) is 8.57. The summed E-state index contributed by atoms with van der Waals surface area (Å²) in [5, 5.41) is 8.62. The molecule has 1 saturated carbocycles. The molecule has 0 aromatic carbocycles. The summed E-state index contributed by atoms with van der Waals surface area (Å²) >= 11 is 0. The molecule has 0 aromatic rings. The molecule has 1 N–H and O–H groups in total. The quantitative estimate of drug-likeness (QED) is 0.631. The third-order valence-corrected chi connectivity index (χ3v) is 3.81. The average molecular weight is 243 g/mol. The molecule has 0 radical (unpaired) electrons. The van der Waals surface area contributed by atoms with Crippen LogP contribution in [0.25, 0.3) is 0 Å². The number of hydrogen-bond acceptors (Lipinski definition) is 3. The molecule has 0 amide bonds. The van der Waals surface area contributed by atoms with E-state index in [1.54, 1.807) is 0 Å². The zero-order valence-electron chi connectivity index (χ0n) is 11.4. The van der Waals surface area contributed by atoms with Crippen molar-refractivity contribution in [3.05, 3.63) is 0 Å². The summed E-state index contributed by atoms with van der Waals surface area (Å²) in [4.78, 5) is 2.46. The summed E-state index contributed by atoms with van der Waals surface area (Å²) in [5.74, 6) is 0.969. The highest BCUT2D eigenvalue weighted by Crippen LogP contribution is 2.26. The van der Waals surface area contributed by atoms with Crippen LogP contribution in [0.2, 0.25) is 0 Å². The highest BCUT2D eigenvalue weighted by atomic mass is 16.5. The van der Waals surface area contributed by atoms with Gasteiger partial charge in [0.15, 0.2) is 0 Å². The minimum Gasteiger partial charge on any atom is -0.394 e. The second-order valence-electron chi connectivity index (χ2n) is 5.06. The third kappa shape index (κ3) is 7.02. The summed E-state index contributed by atoms with van der Waals surface area (Å²) in [5.41, 5.74) is 0. The summed E-state index contributed by atoms with van der Waals surface area (Å²) in [6, 6.07) is 0. The smallest absolute Gasteiger partial charge is 0.0698 e. The number of rotatable bonds is 9. The molecule has 0 saturated heterocycles. The van der Waals surface area contributed by atoms with Gasteiger partial charge in [-0.2, -0.15) is 0 Å². The van der Waals surface area contributed by atoms with Crippen LogP contribution in [0.5, 0.6) is 0 Å². The average Bonchev–Trinajstić information content (AvgIpc) is 2.39. The molecule has 0 bridgehead atoms. The van der Waals surface area contributed by atoms with E-state index in [4.69, 9.17) is 9.84 Å². The molecule has 0 atom stereocenters. The number of nitrogens with zero attached hydrogens (tertiary/aromatic N) is 1. The van der Waals surface area contributed by atoms with Crippen molar-refractivity contribution in [3.8, 4) is 0 Å². The van der Waals surface area contributed by atoms with Crippen LogP contribution in [0, 0.1) is 5.92 Å². The van der Waals surface area contributed by atoms with Crippen LogP contribution in [0.1, 0.15) is 45.4 Å². The van der Waals surface area contributed by atoms with E-state index in [1.807, 2.05) is 0 Å². The van der Waals surface area contributed by atoms with E-state index in [2.05, 4.69) is 11.8 Å².